The standard InChI is InChI=1S/C28H30F2O2/c29-28(30,26(31)32)22-14-3-1-2-13-21-27(23-15-7-4-8-16-23,24-17-9-5-10-18-24)25-19-11-6-12-20-25/h4-12,15-20H,1-3,13-14,21-22H2,(H,31,32). The van der Waals surface area contributed by atoms with Gasteiger partial charge in [-0.15, -0.1) is 0 Å². The molecule has 0 bridgehead atoms. The third-order valence-electron chi connectivity index (χ3n) is 6.16. The summed E-state index contributed by atoms with van der Waals surface area (Å²) in [4.78, 5) is 10.6. The van der Waals surface area contributed by atoms with Crippen LogP contribution in [-0.2, 0) is 10.2 Å². The van der Waals surface area contributed by atoms with Crippen molar-refractivity contribution >= 4 is 5.97 Å². The lowest BCUT2D eigenvalue weighted by Crippen LogP contribution is -2.29. The highest BCUT2D eigenvalue weighted by atomic mass is 19.3. The fourth-order valence-electron chi connectivity index (χ4n) is 4.48. The molecule has 168 valence electrons. The Morgan fingerprint density at radius 1 is 0.594 bits per heavy atom. The highest BCUT2D eigenvalue weighted by molar-refractivity contribution is 5.75. The van der Waals surface area contributed by atoms with Crippen molar-refractivity contribution in [2.45, 2.75) is 56.3 Å². The molecule has 4 heteroatoms. The number of aliphatic carboxylic acids is 1. The lowest BCUT2D eigenvalue weighted by molar-refractivity contribution is -0.165. The van der Waals surface area contributed by atoms with Crippen LogP contribution in [0, 0.1) is 0 Å². The molecular weight excluding hydrogens is 406 g/mol. The lowest BCUT2D eigenvalue weighted by Gasteiger charge is -2.36. The number of hydrogen-bond donors (Lipinski definition) is 1. The summed E-state index contributed by atoms with van der Waals surface area (Å²) >= 11 is 0. The monoisotopic (exact) mass is 436 g/mol. The molecule has 0 saturated carbocycles. The molecule has 0 saturated heterocycles. The quantitative estimate of drug-likeness (QED) is 0.236. The van der Waals surface area contributed by atoms with E-state index in [0.29, 0.717) is 6.42 Å². The summed E-state index contributed by atoms with van der Waals surface area (Å²) in [5, 5.41) is 8.55. The minimum absolute atomic E-state index is 0.223. The molecule has 0 aliphatic rings. The van der Waals surface area contributed by atoms with Gasteiger partial charge in [-0.2, -0.15) is 8.78 Å². The lowest BCUT2D eigenvalue weighted by atomic mass is 9.66. The molecule has 0 heterocycles. The molecule has 0 spiro atoms. The molecule has 0 amide bonds. The molecule has 2 nitrogen and oxygen atoms in total. The number of hydrogen-bond acceptors (Lipinski definition) is 1. The Hall–Kier alpha value is -3.01. The predicted molar refractivity (Wildman–Crippen MR) is 124 cm³/mol. The predicted octanol–water partition coefficient (Wildman–Crippen LogP) is 7.47. The van der Waals surface area contributed by atoms with Gasteiger partial charge >= 0.3 is 11.9 Å². The number of alkyl halides is 2. The minimum Gasteiger partial charge on any atom is -0.477 e. The Balaban J connectivity index is 1.75. The third kappa shape index (κ3) is 5.61. The second-order valence-corrected chi connectivity index (χ2v) is 8.28. The van der Waals surface area contributed by atoms with Gasteiger partial charge in [-0.25, -0.2) is 4.79 Å². The summed E-state index contributed by atoms with van der Waals surface area (Å²) in [7, 11) is 0. The van der Waals surface area contributed by atoms with Crippen LogP contribution in [0.2, 0.25) is 0 Å². The van der Waals surface area contributed by atoms with Gasteiger partial charge in [-0.05, 0) is 29.5 Å². The molecule has 0 aliphatic carbocycles. The van der Waals surface area contributed by atoms with E-state index >= 15 is 0 Å². The Morgan fingerprint density at radius 3 is 1.31 bits per heavy atom. The Bertz CT molecular complexity index is 860. The number of unbranched alkanes of at least 4 members (excludes halogenated alkanes) is 4. The second-order valence-electron chi connectivity index (χ2n) is 8.28. The first-order chi connectivity index (χ1) is 15.5. The van der Waals surface area contributed by atoms with Gasteiger partial charge in [0.05, 0.1) is 0 Å². The number of halogens is 2. The fourth-order valence-corrected chi connectivity index (χ4v) is 4.48. The Morgan fingerprint density at radius 2 is 0.938 bits per heavy atom. The van der Waals surface area contributed by atoms with Crippen molar-refractivity contribution in [3.05, 3.63) is 108 Å². The van der Waals surface area contributed by atoms with Crippen LogP contribution in [0.1, 0.15) is 61.6 Å². The van der Waals surface area contributed by atoms with Crippen molar-refractivity contribution < 1.29 is 18.7 Å². The first-order valence-corrected chi connectivity index (χ1v) is 11.2. The average Bonchev–Trinajstić information content (AvgIpc) is 2.82. The maximum absolute atomic E-state index is 13.2. The molecule has 3 aromatic carbocycles. The Labute approximate surface area is 188 Å². The zero-order chi connectivity index (χ0) is 22.9. The van der Waals surface area contributed by atoms with Gasteiger partial charge in [-0.1, -0.05) is 117 Å². The topological polar surface area (TPSA) is 37.3 Å². The number of carbonyl (C=O) groups is 1. The third-order valence-corrected chi connectivity index (χ3v) is 6.16. The van der Waals surface area contributed by atoms with E-state index in [9.17, 15) is 13.6 Å². The van der Waals surface area contributed by atoms with Crippen LogP contribution in [0.5, 0.6) is 0 Å². The maximum atomic E-state index is 13.2. The molecule has 0 unspecified atom stereocenters. The van der Waals surface area contributed by atoms with Crippen LogP contribution in [0.25, 0.3) is 0 Å². The number of carboxylic acid groups (broad SMARTS) is 1. The smallest absolute Gasteiger partial charge is 0.374 e. The molecule has 1 N–H and O–H groups in total. The second kappa shape index (κ2) is 11.0. The van der Waals surface area contributed by atoms with E-state index < -0.39 is 18.3 Å². The van der Waals surface area contributed by atoms with Crippen LogP contribution in [0.15, 0.2) is 91.0 Å². The molecule has 0 aromatic heterocycles. The number of carboxylic acids is 1. The molecule has 0 atom stereocenters. The van der Waals surface area contributed by atoms with Crippen LogP contribution in [0.3, 0.4) is 0 Å². The SMILES string of the molecule is O=C(O)C(F)(F)CCCCCCCC(c1ccccc1)(c1ccccc1)c1ccccc1. The van der Waals surface area contributed by atoms with Crippen LogP contribution in [-0.4, -0.2) is 17.0 Å². The van der Waals surface area contributed by atoms with Crippen molar-refractivity contribution in [3.8, 4) is 0 Å². The summed E-state index contributed by atoms with van der Waals surface area (Å²) < 4.78 is 26.5. The van der Waals surface area contributed by atoms with Gasteiger partial charge in [0.2, 0.25) is 0 Å². The van der Waals surface area contributed by atoms with E-state index in [0.717, 1.165) is 25.7 Å². The van der Waals surface area contributed by atoms with Gasteiger partial charge in [0, 0.05) is 11.8 Å². The molecule has 3 aromatic rings. The maximum Gasteiger partial charge on any atom is 0.374 e. The summed E-state index contributed by atoms with van der Waals surface area (Å²) in [6.07, 6.45) is 3.80. The number of rotatable bonds is 12. The van der Waals surface area contributed by atoms with Crippen LogP contribution in [0.4, 0.5) is 8.78 Å². The van der Waals surface area contributed by atoms with Gasteiger partial charge in [0.15, 0.2) is 0 Å². The molecule has 0 aliphatic heterocycles. The first kappa shape index (κ1) is 23.6. The zero-order valence-corrected chi connectivity index (χ0v) is 18.2. The normalized spacial score (nSPS) is 11.9. The highest BCUT2D eigenvalue weighted by Crippen LogP contribution is 2.43. The molecule has 32 heavy (non-hydrogen) atoms. The van der Waals surface area contributed by atoms with Crippen molar-refractivity contribution in [2.75, 3.05) is 0 Å². The number of benzene rings is 3. The van der Waals surface area contributed by atoms with E-state index in [1.54, 1.807) is 0 Å². The van der Waals surface area contributed by atoms with Gasteiger partial charge in [-0.3, -0.25) is 0 Å². The highest BCUT2D eigenvalue weighted by Gasteiger charge is 2.38. The summed E-state index contributed by atoms with van der Waals surface area (Å²) in [5.74, 6) is -5.65. The molecule has 0 radical (unpaired) electrons. The van der Waals surface area contributed by atoms with E-state index in [-0.39, 0.29) is 11.8 Å². The average molecular weight is 437 g/mol. The fraction of sp³-hybridized carbons (Fsp3) is 0.321. The van der Waals surface area contributed by atoms with E-state index in [2.05, 4.69) is 72.8 Å². The minimum atomic E-state index is -3.62. The summed E-state index contributed by atoms with van der Waals surface area (Å²) in [5.41, 5.74) is 3.41. The van der Waals surface area contributed by atoms with Crippen molar-refractivity contribution in [2.24, 2.45) is 0 Å². The van der Waals surface area contributed by atoms with Crippen LogP contribution >= 0.6 is 0 Å². The van der Waals surface area contributed by atoms with E-state index in [1.165, 1.54) is 16.7 Å². The van der Waals surface area contributed by atoms with Gasteiger partial charge in [0.25, 0.3) is 0 Å². The van der Waals surface area contributed by atoms with Gasteiger partial charge < -0.3 is 5.11 Å². The van der Waals surface area contributed by atoms with Gasteiger partial charge in [0.1, 0.15) is 0 Å². The summed E-state index contributed by atoms with van der Waals surface area (Å²) in [6.45, 7) is 0. The molecule has 3 rings (SSSR count). The van der Waals surface area contributed by atoms with Crippen LogP contribution < -0.4 is 0 Å². The van der Waals surface area contributed by atoms with Crippen molar-refractivity contribution in [3.63, 3.8) is 0 Å². The van der Waals surface area contributed by atoms with E-state index in [1.807, 2.05) is 18.2 Å². The van der Waals surface area contributed by atoms with Crippen molar-refractivity contribution in [1.29, 1.82) is 0 Å². The largest absolute Gasteiger partial charge is 0.477 e. The van der Waals surface area contributed by atoms with Crippen molar-refractivity contribution in [1.82, 2.24) is 0 Å². The Kier molecular flexibility index (Phi) is 8.15. The molecular formula is C28H30F2O2. The first-order valence-electron chi connectivity index (χ1n) is 11.2. The van der Waals surface area contributed by atoms with E-state index in [4.69, 9.17) is 5.11 Å². The molecule has 0 fully saturated rings. The zero-order valence-electron chi connectivity index (χ0n) is 18.2. The summed E-state index contributed by atoms with van der Waals surface area (Å²) in [6, 6.07) is 31.5.